The number of aryl methyl sites for hydroxylation is 1. The van der Waals surface area contributed by atoms with Gasteiger partial charge in [0.25, 0.3) is 0 Å². The van der Waals surface area contributed by atoms with Gasteiger partial charge in [-0.2, -0.15) is 18.2 Å². The van der Waals surface area contributed by atoms with Crippen LogP contribution in [0.5, 0.6) is 0 Å². The molecule has 0 amide bonds. The van der Waals surface area contributed by atoms with Crippen LogP contribution in [0, 0.1) is 13.8 Å². The first-order valence-corrected chi connectivity index (χ1v) is 9.87. The quantitative estimate of drug-likeness (QED) is 0.785. The van der Waals surface area contributed by atoms with Crippen molar-refractivity contribution in [3.8, 4) is 0 Å². The number of nitrogens with zero attached hydrogens (tertiary/aromatic N) is 4. The number of anilines is 1. The van der Waals surface area contributed by atoms with Crippen molar-refractivity contribution >= 4 is 27.3 Å². The summed E-state index contributed by atoms with van der Waals surface area (Å²) in [4.78, 5) is 1.90. The molecule has 0 aliphatic carbocycles. The minimum Gasteiger partial charge on any atom is -0.369 e. The molecule has 1 aromatic heterocycles. The minimum absolute atomic E-state index is 0.0619. The summed E-state index contributed by atoms with van der Waals surface area (Å²) in [6.07, 6.45) is 0.990. The van der Waals surface area contributed by atoms with E-state index in [9.17, 15) is 17.2 Å². The summed E-state index contributed by atoms with van der Waals surface area (Å²) in [5.74, 6) is 0. The Balaban J connectivity index is 1.78. The number of halogens is 3. The summed E-state index contributed by atoms with van der Waals surface area (Å²) in [6, 6.07) is 5.59. The topological polar surface area (TPSA) is 58.4 Å². The van der Waals surface area contributed by atoms with E-state index in [0.29, 0.717) is 22.8 Å². The van der Waals surface area contributed by atoms with Crippen LogP contribution in [-0.2, 0) is 10.0 Å². The average Bonchev–Trinajstić information content (AvgIpc) is 3.00. The SMILES string of the molecule is Cc1ccc(Cl)cc1N1CCN(S(=O)(=O)c2cnn(C(F)F)c2C)CC1. The fraction of sp³-hybridized carbons (Fsp3) is 0.438. The van der Waals surface area contributed by atoms with Crippen molar-refractivity contribution in [2.75, 3.05) is 31.1 Å². The number of alkyl halides is 2. The van der Waals surface area contributed by atoms with Gasteiger partial charge in [0.2, 0.25) is 10.0 Å². The van der Waals surface area contributed by atoms with Gasteiger partial charge in [-0.05, 0) is 31.5 Å². The summed E-state index contributed by atoms with van der Waals surface area (Å²) in [7, 11) is -3.87. The molecule has 0 saturated carbocycles. The first kappa shape index (κ1) is 19.1. The Bertz CT molecular complexity index is 909. The van der Waals surface area contributed by atoms with E-state index in [1.807, 2.05) is 25.1 Å². The molecular formula is C16H19ClF2N4O2S. The van der Waals surface area contributed by atoms with Gasteiger partial charge in [-0.25, -0.2) is 13.1 Å². The lowest BCUT2D eigenvalue weighted by atomic mass is 10.1. The number of hydrogen-bond donors (Lipinski definition) is 0. The molecule has 1 aliphatic heterocycles. The summed E-state index contributed by atoms with van der Waals surface area (Å²) >= 11 is 6.06. The molecule has 10 heteroatoms. The van der Waals surface area contributed by atoms with Gasteiger partial charge in [-0.3, -0.25) is 0 Å². The molecule has 0 atom stereocenters. The summed E-state index contributed by atoms with van der Waals surface area (Å²) in [6.45, 7) is 1.92. The Morgan fingerprint density at radius 3 is 2.38 bits per heavy atom. The zero-order valence-electron chi connectivity index (χ0n) is 14.4. The van der Waals surface area contributed by atoms with Crippen molar-refractivity contribution in [1.29, 1.82) is 0 Å². The van der Waals surface area contributed by atoms with Crippen LogP contribution in [-0.4, -0.2) is 48.7 Å². The second-order valence-corrected chi connectivity index (χ2v) is 8.48. The summed E-state index contributed by atoms with van der Waals surface area (Å²) in [5, 5.41) is 4.12. The van der Waals surface area contributed by atoms with Crippen LogP contribution in [0.4, 0.5) is 14.5 Å². The van der Waals surface area contributed by atoms with E-state index < -0.39 is 16.6 Å². The first-order chi connectivity index (χ1) is 12.2. The Kier molecular flexibility index (Phi) is 5.23. The molecule has 0 spiro atoms. The third-order valence-electron chi connectivity index (χ3n) is 4.55. The van der Waals surface area contributed by atoms with E-state index in [4.69, 9.17) is 11.6 Å². The molecule has 0 N–H and O–H groups in total. The molecule has 3 rings (SSSR count). The molecule has 1 saturated heterocycles. The van der Waals surface area contributed by atoms with Gasteiger partial charge in [0.15, 0.2) is 0 Å². The van der Waals surface area contributed by atoms with Gasteiger partial charge < -0.3 is 4.90 Å². The van der Waals surface area contributed by atoms with Crippen LogP contribution in [0.15, 0.2) is 29.3 Å². The van der Waals surface area contributed by atoms with E-state index in [2.05, 4.69) is 10.00 Å². The third kappa shape index (κ3) is 3.43. The fourth-order valence-electron chi connectivity index (χ4n) is 3.09. The van der Waals surface area contributed by atoms with Gasteiger partial charge >= 0.3 is 6.55 Å². The Hall–Kier alpha value is -1.71. The smallest absolute Gasteiger partial charge is 0.333 e. The normalized spacial score (nSPS) is 16.5. The predicted molar refractivity (Wildman–Crippen MR) is 95.4 cm³/mol. The van der Waals surface area contributed by atoms with Crippen molar-refractivity contribution in [2.45, 2.75) is 25.3 Å². The van der Waals surface area contributed by atoms with Gasteiger partial charge in [-0.1, -0.05) is 17.7 Å². The molecule has 142 valence electrons. The zero-order chi connectivity index (χ0) is 19.1. The Morgan fingerprint density at radius 1 is 1.15 bits per heavy atom. The standard InChI is InChI=1S/C16H19ClF2N4O2S/c1-11-3-4-13(17)9-14(11)21-5-7-22(8-6-21)26(24,25)15-10-20-23(12(15)2)16(18)19/h3-4,9-10,16H,5-8H2,1-2H3. The molecule has 1 aliphatic rings. The van der Waals surface area contributed by atoms with Crippen LogP contribution in [0.3, 0.4) is 0 Å². The number of benzene rings is 1. The molecule has 0 radical (unpaired) electrons. The first-order valence-electron chi connectivity index (χ1n) is 8.05. The maximum Gasteiger partial charge on any atom is 0.333 e. The molecule has 0 unspecified atom stereocenters. The lowest BCUT2D eigenvalue weighted by molar-refractivity contribution is 0.0541. The van der Waals surface area contributed by atoms with Gasteiger partial charge in [0.05, 0.1) is 11.9 Å². The summed E-state index contributed by atoms with van der Waals surface area (Å²) < 4.78 is 53.0. The monoisotopic (exact) mass is 404 g/mol. The molecule has 2 heterocycles. The van der Waals surface area contributed by atoms with Gasteiger partial charge in [0.1, 0.15) is 4.90 Å². The van der Waals surface area contributed by atoms with Crippen molar-refractivity contribution in [1.82, 2.24) is 14.1 Å². The van der Waals surface area contributed by atoms with E-state index in [1.54, 1.807) is 0 Å². The van der Waals surface area contributed by atoms with E-state index >= 15 is 0 Å². The highest BCUT2D eigenvalue weighted by molar-refractivity contribution is 7.89. The van der Waals surface area contributed by atoms with Crippen molar-refractivity contribution in [3.05, 3.63) is 40.7 Å². The second kappa shape index (κ2) is 7.13. The molecule has 0 bridgehead atoms. The number of rotatable bonds is 4. The van der Waals surface area contributed by atoms with E-state index in [-0.39, 0.29) is 23.7 Å². The zero-order valence-corrected chi connectivity index (χ0v) is 15.9. The number of piperazine rings is 1. The van der Waals surface area contributed by atoms with Gasteiger partial charge in [-0.15, -0.1) is 0 Å². The fourth-order valence-corrected chi connectivity index (χ4v) is 4.83. The average molecular weight is 405 g/mol. The molecule has 1 aromatic carbocycles. The third-order valence-corrected chi connectivity index (χ3v) is 6.79. The van der Waals surface area contributed by atoms with Crippen LogP contribution >= 0.6 is 11.6 Å². The van der Waals surface area contributed by atoms with Crippen molar-refractivity contribution in [3.63, 3.8) is 0 Å². The predicted octanol–water partition coefficient (Wildman–Crippen LogP) is 3.06. The van der Waals surface area contributed by atoms with Crippen LogP contribution in [0.1, 0.15) is 17.8 Å². The Labute approximate surface area is 156 Å². The van der Waals surface area contributed by atoms with Crippen molar-refractivity contribution < 1.29 is 17.2 Å². The highest BCUT2D eigenvalue weighted by atomic mass is 35.5. The van der Waals surface area contributed by atoms with E-state index in [1.165, 1.54) is 11.2 Å². The maximum absolute atomic E-state index is 12.9. The minimum atomic E-state index is -3.87. The lowest BCUT2D eigenvalue weighted by Crippen LogP contribution is -2.48. The second-order valence-electron chi connectivity index (χ2n) is 6.14. The highest BCUT2D eigenvalue weighted by Gasteiger charge is 2.32. The molecule has 6 nitrogen and oxygen atoms in total. The van der Waals surface area contributed by atoms with Crippen LogP contribution in [0.2, 0.25) is 5.02 Å². The molecule has 26 heavy (non-hydrogen) atoms. The number of aromatic nitrogens is 2. The van der Waals surface area contributed by atoms with Crippen molar-refractivity contribution in [2.24, 2.45) is 0 Å². The Morgan fingerprint density at radius 2 is 1.81 bits per heavy atom. The van der Waals surface area contributed by atoms with Crippen LogP contribution < -0.4 is 4.90 Å². The molecular weight excluding hydrogens is 386 g/mol. The summed E-state index contributed by atoms with van der Waals surface area (Å²) in [5.41, 5.74) is 1.96. The van der Waals surface area contributed by atoms with Crippen LogP contribution in [0.25, 0.3) is 0 Å². The highest BCUT2D eigenvalue weighted by Crippen LogP contribution is 2.28. The number of hydrogen-bond acceptors (Lipinski definition) is 4. The molecule has 2 aromatic rings. The lowest BCUT2D eigenvalue weighted by Gasteiger charge is -2.36. The number of sulfonamides is 1. The van der Waals surface area contributed by atoms with Gasteiger partial charge in [0, 0.05) is 36.9 Å². The largest absolute Gasteiger partial charge is 0.369 e. The maximum atomic E-state index is 12.9. The molecule has 1 fully saturated rings. The van der Waals surface area contributed by atoms with E-state index in [0.717, 1.165) is 17.4 Å².